The van der Waals surface area contributed by atoms with E-state index < -0.39 is 0 Å². The number of carbonyl (C=O) groups excluding carboxylic acids is 2. The Kier molecular flexibility index (Phi) is 5.40. The molecule has 1 fully saturated rings. The van der Waals surface area contributed by atoms with Crippen molar-refractivity contribution in [2.24, 2.45) is 0 Å². The van der Waals surface area contributed by atoms with Crippen LogP contribution in [0.5, 0.6) is 0 Å². The molecule has 0 atom stereocenters. The van der Waals surface area contributed by atoms with Crippen molar-refractivity contribution in [2.75, 3.05) is 7.05 Å². The van der Waals surface area contributed by atoms with Crippen molar-refractivity contribution in [2.45, 2.75) is 39.3 Å². The largest absolute Gasteiger partial charge is 0.355 e. The van der Waals surface area contributed by atoms with E-state index in [2.05, 4.69) is 10.4 Å². The predicted molar refractivity (Wildman–Crippen MR) is 116 cm³/mol. The van der Waals surface area contributed by atoms with Crippen molar-refractivity contribution < 1.29 is 9.59 Å². The van der Waals surface area contributed by atoms with Crippen LogP contribution in [0.4, 0.5) is 0 Å². The van der Waals surface area contributed by atoms with Gasteiger partial charge in [-0.25, -0.2) is 4.68 Å². The molecular formula is C24H26N4O2. The van der Waals surface area contributed by atoms with E-state index in [9.17, 15) is 9.59 Å². The summed E-state index contributed by atoms with van der Waals surface area (Å²) in [6.07, 6.45) is 2.07. The summed E-state index contributed by atoms with van der Waals surface area (Å²) in [6, 6.07) is 17.4. The van der Waals surface area contributed by atoms with Gasteiger partial charge in [-0.2, -0.15) is 5.10 Å². The molecule has 0 radical (unpaired) electrons. The van der Waals surface area contributed by atoms with E-state index >= 15 is 0 Å². The minimum atomic E-state index is -0.112. The van der Waals surface area contributed by atoms with Gasteiger partial charge in [0.25, 0.3) is 11.8 Å². The molecule has 4 rings (SSSR count). The summed E-state index contributed by atoms with van der Waals surface area (Å²) in [5.41, 5.74) is 5.28. The first-order valence-electron chi connectivity index (χ1n) is 10.2. The topological polar surface area (TPSA) is 67.2 Å². The van der Waals surface area contributed by atoms with Gasteiger partial charge in [-0.15, -0.1) is 0 Å². The van der Waals surface area contributed by atoms with Crippen LogP contribution in [-0.2, 0) is 6.54 Å². The van der Waals surface area contributed by atoms with Crippen molar-refractivity contribution in [3.63, 3.8) is 0 Å². The van der Waals surface area contributed by atoms with Crippen LogP contribution in [0.15, 0.2) is 54.6 Å². The second-order valence-corrected chi connectivity index (χ2v) is 7.83. The summed E-state index contributed by atoms with van der Waals surface area (Å²) in [7, 11) is 1.61. The van der Waals surface area contributed by atoms with Crippen LogP contribution >= 0.6 is 0 Å². The molecule has 30 heavy (non-hydrogen) atoms. The Morgan fingerprint density at radius 3 is 2.20 bits per heavy atom. The van der Waals surface area contributed by atoms with Gasteiger partial charge in [-0.05, 0) is 74.7 Å². The van der Waals surface area contributed by atoms with Gasteiger partial charge in [0.15, 0.2) is 0 Å². The number of benzene rings is 2. The molecule has 0 bridgehead atoms. The maximum Gasteiger partial charge on any atom is 0.254 e. The molecule has 1 aromatic heterocycles. The Hall–Kier alpha value is -3.41. The fourth-order valence-corrected chi connectivity index (χ4v) is 3.66. The molecule has 1 N–H and O–H groups in total. The fraction of sp³-hybridized carbons (Fsp3) is 0.292. The van der Waals surface area contributed by atoms with E-state index in [4.69, 9.17) is 0 Å². The van der Waals surface area contributed by atoms with E-state index in [1.165, 1.54) is 0 Å². The summed E-state index contributed by atoms with van der Waals surface area (Å²) >= 11 is 0. The number of hydrogen-bond donors (Lipinski definition) is 1. The molecule has 2 amide bonds. The van der Waals surface area contributed by atoms with Crippen LogP contribution in [0.1, 0.15) is 50.5 Å². The lowest BCUT2D eigenvalue weighted by Gasteiger charge is -2.23. The number of nitrogens with zero attached hydrogens (tertiary/aromatic N) is 3. The number of aryl methyl sites for hydroxylation is 2. The van der Waals surface area contributed by atoms with E-state index in [1.54, 1.807) is 19.2 Å². The second kappa shape index (κ2) is 8.14. The summed E-state index contributed by atoms with van der Waals surface area (Å²) < 4.78 is 1.89. The highest BCUT2D eigenvalue weighted by Gasteiger charge is 2.33. The first-order chi connectivity index (χ1) is 14.5. The predicted octanol–water partition coefficient (Wildman–Crippen LogP) is 3.65. The SMILES string of the molecule is CNC(=O)c1ccc(CN(C(=O)c2ccc(-n3nc(C)cc3C)cc2)C2CC2)cc1. The highest BCUT2D eigenvalue weighted by atomic mass is 16.2. The standard InChI is InChI=1S/C24H26N4O2/c1-16-14-17(2)28(26-16)22-10-8-20(9-11-22)24(30)27(21-12-13-21)15-18-4-6-19(7-5-18)23(29)25-3/h4-11,14,21H,12-13,15H2,1-3H3,(H,25,29). The van der Waals surface area contributed by atoms with Crippen LogP contribution in [0.3, 0.4) is 0 Å². The zero-order chi connectivity index (χ0) is 21.3. The Balaban J connectivity index is 1.51. The van der Waals surface area contributed by atoms with Crippen LogP contribution in [0.2, 0.25) is 0 Å². The maximum atomic E-state index is 13.2. The van der Waals surface area contributed by atoms with E-state index in [0.29, 0.717) is 17.7 Å². The molecule has 6 nitrogen and oxygen atoms in total. The van der Waals surface area contributed by atoms with Gasteiger partial charge in [-0.1, -0.05) is 12.1 Å². The molecule has 1 heterocycles. The molecule has 1 aliphatic rings. The van der Waals surface area contributed by atoms with E-state index in [1.807, 2.05) is 65.9 Å². The number of hydrogen-bond acceptors (Lipinski definition) is 3. The highest BCUT2D eigenvalue weighted by Crippen LogP contribution is 2.30. The Morgan fingerprint density at radius 2 is 1.67 bits per heavy atom. The summed E-state index contributed by atoms with van der Waals surface area (Å²) in [6.45, 7) is 4.52. The lowest BCUT2D eigenvalue weighted by molar-refractivity contribution is 0.0729. The van der Waals surface area contributed by atoms with Gasteiger partial charge in [0, 0.05) is 36.5 Å². The van der Waals surface area contributed by atoms with Gasteiger partial charge >= 0.3 is 0 Å². The molecule has 154 valence electrons. The van der Waals surface area contributed by atoms with Crippen molar-refractivity contribution >= 4 is 11.8 Å². The lowest BCUT2D eigenvalue weighted by atomic mass is 10.1. The molecule has 2 aromatic carbocycles. The van der Waals surface area contributed by atoms with Crippen LogP contribution in [0, 0.1) is 13.8 Å². The highest BCUT2D eigenvalue weighted by molar-refractivity contribution is 5.95. The minimum absolute atomic E-state index is 0.0350. The molecule has 0 spiro atoms. The number of carbonyl (C=O) groups is 2. The molecule has 1 saturated carbocycles. The van der Waals surface area contributed by atoms with Gasteiger partial charge in [-0.3, -0.25) is 9.59 Å². The summed E-state index contributed by atoms with van der Waals surface area (Å²) in [5, 5.41) is 7.12. The monoisotopic (exact) mass is 402 g/mol. The zero-order valence-corrected chi connectivity index (χ0v) is 17.6. The second-order valence-electron chi connectivity index (χ2n) is 7.83. The third-order valence-corrected chi connectivity index (χ3v) is 5.41. The summed E-state index contributed by atoms with van der Waals surface area (Å²) in [4.78, 5) is 26.9. The van der Waals surface area contributed by atoms with Crippen molar-refractivity contribution in [1.29, 1.82) is 0 Å². The molecular weight excluding hydrogens is 376 g/mol. The third-order valence-electron chi connectivity index (χ3n) is 5.41. The third kappa shape index (κ3) is 4.13. The molecule has 1 aliphatic carbocycles. The van der Waals surface area contributed by atoms with Crippen molar-refractivity contribution in [1.82, 2.24) is 20.0 Å². The Labute approximate surface area is 176 Å². The smallest absolute Gasteiger partial charge is 0.254 e. The van der Waals surface area contributed by atoms with Gasteiger partial charge in [0.05, 0.1) is 11.4 Å². The van der Waals surface area contributed by atoms with Crippen LogP contribution in [-0.4, -0.2) is 39.6 Å². The van der Waals surface area contributed by atoms with Crippen LogP contribution in [0.25, 0.3) is 5.69 Å². The number of rotatable bonds is 6. The van der Waals surface area contributed by atoms with Gasteiger partial charge in [0.2, 0.25) is 0 Å². The molecule has 0 unspecified atom stereocenters. The van der Waals surface area contributed by atoms with Gasteiger partial charge in [0.1, 0.15) is 0 Å². The molecule has 6 heteroatoms. The molecule has 3 aromatic rings. The maximum absolute atomic E-state index is 13.2. The minimum Gasteiger partial charge on any atom is -0.355 e. The van der Waals surface area contributed by atoms with Crippen molar-refractivity contribution in [3.8, 4) is 5.69 Å². The average molecular weight is 402 g/mol. The molecule has 0 saturated heterocycles. The number of aromatic nitrogens is 2. The van der Waals surface area contributed by atoms with E-state index in [-0.39, 0.29) is 17.9 Å². The first kappa shape index (κ1) is 19.9. The fourth-order valence-electron chi connectivity index (χ4n) is 3.66. The normalized spacial score (nSPS) is 13.2. The zero-order valence-electron chi connectivity index (χ0n) is 17.6. The Bertz CT molecular complexity index is 1060. The number of nitrogens with one attached hydrogen (secondary N) is 1. The average Bonchev–Trinajstić information content (AvgIpc) is 3.55. The van der Waals surface area contributed by atoms with Crippen molar-refractivity contribution in [3.05, 3.63) is 82.7 Å². The molecule has 0 aliphatic heterocycles. The number of amides is 2. The lowest BCUT2D eigenvalue weighted by Crippen LogP contribution is -2.32. The summed E-state index contributed by atoms with van der Waals surface area (Å²) in [5.74, 6) is -0.0767. The van der Waals surface area contributed by atoms with Gasteiger partial charge < -0.3 is 10.2 Å². The quantitative estimate of drug-likeness (QED) is 0.684. The first-order valence-corrected chi connectivity index (χ1v) is 10.2. The van der Waals surface area contributed by atoms with E-state index in [0.717, 1.165) is 35.5 Å². The Morgan fingerprint density at radius 1 is 1.03 bits per heavy atom. The van der Waals surface area contributed by atoms with Crippen LogP contribution < -0.4 is 5.32 Å².